The highest BCUT2D eigenvalue weighted by Gasteiger charge is 2.30. The molecule has 126 valence electrons. The van der Waals surface area contributed by atoms with Crippen molar-refractivity contribution in [3.05, 3.63) is 51.8 Å². The summed E-state index contributed by atoms with van der Waals surface area (Å²) in [5.74, 6) is 0. The number of aromatic nitrogens is 2. The van der Waals surface area contributed by atoms with E-state index in [2.05, 4.69) is 5.10 Å². The van der Waals surface area contributed by atoms with Gasteiger partial charge in [0, 0.05) is 23.9 Å². The summed E-state index contributed by atoms with van der Waals surface area (Å²) in [4.78, 5) is 23.9. The van der Waals surface area contributed by atoms with Gasteiger partial charge in [0.2, 0.25) is 0 Å². The first-order valence-electron chi connectivity index (χ1n) is 7.53. The fraction of sp³-hybridized carbons (Fsp3) is 0.375. The third kappa shape index (κ3) is 3.22. The Hall–Kier alpha value is -2.90. The first-order valence-corrected chi connectivity index (χ1v) is 7.53. The van der Waals surface area contributed by atoms with Crippen molar-refractivity contribution in [3.8, 4) is 5.69 Å². The fourth-order valence-electron chi connectivity index (χ4n) is 2.47. The minimum absolute atomic E-state index is 0.0366. The lowest BCUT2D eigenvalue weighted by atomic mass is 10.2. The van der Waals surface area contributed by atoms with Gasteiger partial charge in [-0.2, -0.15) is 5.10 Å². The summed E-state index contributed by atoms with van der Waals surface area (Å²) < 4.78 is 7.03. The van der Waals surface area contributed by atoms with Gasteiger partial charge in [0.1, 0.15) is 5.60 Å². The Labute approximate surface area is 138 Å². The van der Waals surface area contributed by atoms with Crippen molar-refractivity contribution in [1.29, 1.82) is 0 Å². The van der Waals surface area contributed by atoms with Crippen LogP contribution in [-0.2, 0) is 17.8 Å². The van der Waals surface area contributed by atoms with Gasteiger partial charge in [-0.25, -0.2) is 9.48 Å². The standard InChI is InChI=1S/C16H18N4O4/c1-16(2,3)24-15(21)18-8-11-9-19(17-14(11)10-18)12-4-6-13(7-5-12)20(22)23/h4-7,9H,8,10H2,1-3H3. The van der Waals surface area contributed by atoms with Gasteiger partial charge in [-0.05, 0) is 32.9 Å². The highest BCUT2D eigenvalue weighted by atomic mass is 16.6. The maximum absolute atomic E-state index is 12.1. The van der Waals surface area contributed by atoms with Gasteiger partial charge in [-0.15, -0.1) is 0 Å². The molecule has 0 bridgehead atoms. The molecule has 24 heavy (non-hydrogen) atoms. The Morgan fingerprint density at radius 3 is 2.46 bits per heavy atom. The van der Waals surface area contributed by atoms with Crippen molar-refractivity contribution < 1.29 is 14.5 Å². The number of carbonyl (C=O) groups excluding carboxylic acids is 1. The zero-order valence-corrected chi connectivity index (χ0v) is 13.7. The number of carbonyl (C=O) groups is 1. The topological polar surface area (TPSA) is 90.5 Å². The van der Waals surface area contributed by atoms with E-state index in [0.29, 0.717) is 13.1 Å². The van der Waals surface area contributed by atoms with Crippen LogP contribution in [0.1, 0.15) is 32.0 Å². The number of amides is 1. The Morgan fingerprint density at radius 1 is 1.25 bits per heavy atom. The Morgan fingerprint density at radius 2 is 1.92 bits per heavy atom. The van der Waals surface area contributed by atoms with Crippen LogP contribution >= 0.6 is 0 Å². The Kier molecular flexibility index (Phi) is 3.75. The minimum Gasteiger partial charge on any atom is -0.444 e. The second-order valence-electron chi connectivity index (χ2n) is 6.66. The fourth-order valence-corrected chi connectivity index (χ4v) is 2.47. The van der Waals surface area contributed by atoms with Gasteiger partial charge in [-0.1, -0.05) is 0 Å². The third-order valence-electron chi connectivity index (χ3n) is 3.56. The zero-order chi connectivity index (χ0) is 17.5. The van der Waals surface area contributed by atoms with E-state index in [-0.39, 0.29) is 11.8 Å². The molecule has 2 heterocycles. The summed E-state index contributed by atoms with van der Waals surface area (Å²) in [5, 5.41) is 15.2. The predicted octanol–water partition coefficient (Wildman–Crippen LogP) is 3.03. The van der Waals surface area contributed by atoms with Gasteiger partial charge >= 0.3 is 6.09 Å². The molecular formula is C16H18N4O4. The molecule has 1 amide bonds. The van der Waals surface area contributed by atoms with Gasteiger partial charge in [0.25, 0.3) is 5.69 Å². The van der Waals surface area contributed by atoms with Crippen LogP contribution in [0.2, 0.25) is 0 Å². The van der Waals surface area contributed by atoms with Crippen LogP contribution in [-0.4, -0.2) is 31.3 Å². The molecule has 8 nitrogen and oxygen atoms in total. The van der Waals surface area contributed by atoms with E-state index in [1.54, 1.807) is 21.7 Å². The number of hydrogen-bond acceptors (Lipinski definition) is 5. The van der Waals surface area contributed by atoms with Gasteiger partial charge < -0.3 is 4.74 Å². The van der Waals surface area contributed by atoms with E-state index in [4.69, 9.17) is 4.74 Å². The predicted molar refractivity (Wildman–Crippen MR) is 85.7 cm³/mol. The van der Waals surface area contributed by atoms with E-state index < -0.39 is 10.5 Å². The van der Waals surface area contributed by atoms with E-state index in [1.807, 2.05) is 27.0 Å². The normalized spacial score (nSPS) is 13.7. The lowest BCUT2D eigenvalue weighted by molar-refractivity contribution is -0.384. The van der Waals surface area contributed by atoms with Crippen molar-refractivity contribution in [1.82, 2.24) is 14.7 Å². The molecule has 8 heteroatoms. The molecule has 0 aliphatic carbocycles. The number of nitrogens with zero attached hydrogens (tertiary/aromatic N) is 4. The average Bonchev–Trinajstić information content (AvgIpc) is 3.04. The van der Waals surface area contributed by atoms with Crippen LogP contribution in [0.5, 0.6) is 0 Å². The number of nitro benzene ring substituents is 1. The Balaban J connectivity index is 1.72. The van der Waals surface area contributed by atoms with Crippen molar-refractivity contribution in [2.24, 2.45) is 0 Å². The molecule has 1 aromatic heterocycles. The monoisotopic (exact) mass is 330 g/mol. The second kappa shape index (κ2) is 5.63. The summed E-state index contributed by atoms with van der Waals surface area (Å²) in [6, 6.07) is 6.17. The summed E-state index contributed by atoms with van der Waals surface area (Å²) in [6.07, 6.45) is 1.48. The number of hydrogen-bond donors (Lipinski definition) is 0. The molecular weight excluding hydrogens is 312 g/mol. The molecule has 0 saturated carbocycles. The number of nitro groups is 1. The first-order chi connectivity index (χ1) is 11.2. The highest BCUT2D eigenvalue weighted by molar-refractivity contribution is 5.69. The maximum Gasteiger partial charge on any atom is 0.410 e. The quantitative estimate of drug-likeness (QED) is 0.623. The molecule has 1 aromatic carbocycles. The SMILES string of the molecule is CC(C)(C)OC(=O)N1Cc2cn(-c3ccc([N+](=O)[O-])cc3)nc2C1. The number of ether oxygens (including phenoxy) is 1. The minimum atomic E-state index is -0.532. The molecule has 3 rings (SSSR count). The van der Waals surface area contributed by atoms with Crippen LogP contribution in [0, 0.1) is 10.1 Å². The molecule has 0 radical (unpaired) electrons. The van der Waals surface area contributed by atoms with Gasteiger partial charge in [0.05, 0.1) is 29.4 Å². The van der Waals surface area contributed by atoms with Crippen LogP contribution in [0.4, 0.5) is 10.5 Å². The van der Waals surface area contributed by atoms with Crippen LogP contribution in [0.15, 0.2) is 30.5 Å². The van der Waals surface area contributed by atoms with E-state index in [1.165, 1.54) is 12.1 Å². The van der Waals surface area contributed by atoms with E-state index in [9.17, 15) is 14.9 Å². The summed E-state index contributed by atoms with van der Waals surface area (Å²) in [7, 11) is 0. The lowest BCUT2D eigenvalue weighted by Gasteiger charge is -2.24. The summed E-state index contributed by atoms with van der Waals surface area (Å²) in [6.45, 7) is 6.32. The van der Waals surface area contributed by atoms with Crippen molar-refractivity contribution >= 4 is 11.8 Å². The number of non-ortho nitro benzene ring substituents is 1. The van der Waals surface area contributed by atoms with Gasteiger partial charge in [-0.3, -0.25) is 15.0 Å². The van der Waals surface area contributed by atoms with Gasteiger partial charge in [0.15, 0.2) is 0 Å². The average molecular weight is 330 g/mol. The first kappa shape index (κ1) is 16.0. The molecule has 2 aromatic rings. The van der Waals surface area contributed by atoms with Crippen LogP contribution < -0.4 is 0 Å². The maximum atomic E-state index is 12.1. The zero-order valence-electron chi connectivity index (χ0n) is 13.7. The lowest BCUT2D eigenvalue weighted by Crippen LogP contribution is -2.33. The Bertz CT molecular complexity index is 766. The molecule has 1 aliphatic rings. The van der Waals surface area contributed by atoms with Crippen molar-refractivity contribution in [3.63, 3.8) is 0 Å². The third-order valence-corrected chi connectivity index (χ3v) is 3.56. The molecule has 0 unspecified atom stereocenters. The van der Waals surface area contributed by atoms with Crippen LogP contribution in [0.3, 0.4) is 0 Å². The number of fused-ring (bicyclic) bond motifs is 1. The second-order valence-corrected chi connectivity index (χ2v) is 6.66. The molecule has 0 saturated heterocycles. The number of benzene rings is 1. The molecule has 1 aliphatic heterocycles. The van der Waals surface area contributed by atoms with Crippen molar-refractivity contribution in [2.45, 2.75) is 39.5 Å². The highest BCUT2D eigenvalue weighted by Crippen LogP contribution is 2.25. The molecule has 0 fully saturated rings. The van der Waals surface area contributed by atoms with E-state index >= 15 is 0 Å². The van der Waals surface area contributed by atoms with Crippen LogP contribution in [0.25, 0.3) is 5.69 Å². The van der Waals surface area contributed by atoms with E-state index in [0.717, 1.165) is 16.9 Å². The molecule has 0 atom stereocenters. The molecule has 0 spiro atoms. The molecule has 0 N–H and O–H groups in total. The summed E-state index contributed by atoms with van der Waals surface area (Å²) >= 11 is 0. The van der Waals surface area contributed by atoms with Crippen molar-refractivity contribution in [2.75, 3.05) is 0 Å². The summed E-state index contributed by atoms with van der Waals surface area (Å²) in [5.41, 5.74) is 1.99. The number of rotatable bonds is 2. The largest absolute Gasteiger partial charge is 0.444 e. The smallest absolute Gasteiger partial charge is 0.410 e.